The molecular weight excluding hydrogens is 509 g/mol. The summed E-state index contributed by atoms with van der Waals surface area (Å²) < 4.78 is 15.5. The summed E-state index contributed by atoms with van der Waals surface area (Å²) in [4.78, 5) is 59.0. The number of para-hydroxylation sites is 1. The molecule has 2 atom stereocenters. The minimum absolute atomic E-state index is 0.00537. The maximum Gasteiger partial charge on any atom is 0.524 e. The van der Waals surface area contributed by atoms with Gasteiger partial charge in [0.25, 0.3) is 0 Å². The summed E-state index contributed by atoms with van der Waals surface area (Å²) in [6.07, 6.45) is 2.58. The molecule has 10 nitrogen and oxygen atoms in total. The standard InChI is InChI=1S/C27H34N3O7P/c1-18(19-12-14-21(15-13-19)37-38(34,35)36)17-23(31)29-24(27(2,3)4)26(33)30-16-8-11-22(30)25(32)28-20-9-6-5-7-10-20/h5-7,9-10,12-15,17,22,24H,8,11,16H2,1-4H3,(H,28,32)(H,29,31)(H2,34,35,36)/b18-17+/t22-,24+/m0/s1. The number of allylic oxidation sites excluding steroid dienone is 1. The van der Waals surface area contributed by atoms with Gasteiger partial charge in [0.15, 0.2) is 0 Å². The van der Waals surface area contributed by atoms with Crippen LogP contribution in [0, 0.1) is 5.41 Å². The fraction of sp³-hybridized carbons (Fsp3) is 0.370. The Bertz CT molecular complexity index is 1230. The van der Waals surface area contributed by atoms with Crippen molar-refractivity contribution in [1.82, 2.24) is 10.2 Å². The summed E-state index contributed by atoms with van der Waals surface area (Å²) in [5.74, 6) is -1.06. The van der Waals surface area contributed by atoms with E-state index in [1.165, 1.54) is 18.2 Å². The molecule has 0 spiro atoms. The Hall–Kier alpha value is -3.46. The lowest BCUT2D eigenvalue weighted by molar-refractivity contribution is -0.142. The van der Waals surface area contributed by atoms with Crippen LogP contribution in [-0.4, -0.2) is 51.0 Å². The summed E-state index contributed by atoms with van der Waals surface area (Å²) in [6.45, 7) is 7.67. The van der Waals surface area contributed by atoms with E-state index in [1.807, 2.05) is 39.0 Å². The Morgan fingerprint density at radius 1 is 1.08 bits per heavy atom. The van der Waals surface area contributed by atoms with Crippen molar-refractivity contribution in [2.45, 2.75) is 52.6 Å². The molecule has 0 aliphatic carbocycles. The summed E-state index contributed by atoms with van der Waals surface area (Å²) in [7, 11) is -4.67. The van der Waals surface area contributed by atoms with Gasteiger partial charge in [0.05, 0.1) is 0 Å². The van der Waals surface area contributed by atoms with E-state index in [0.29, 0.717) is 36.2 Å². The Kier molecular flexibility index (Phi) is 9.14. The van der Waals surface area contributed by atoms with Crippen LogP contribution >= 0.6 is 7.82 Å². The monoisotopic (exact) mass is 543 g/mol. The van der Waals surface area contributed by atoms with Crippen LogP contribution in [0.3, 0.4) is 0 Å². The molecule has 1 heterocycles. The minimum Gasteiger partial charge on any atom is -0.404 e. The van der Waals surface area contributed by atoms with Gasteiger partial charge in [0.2, 0.25) is 17.7 Å². The van der Waals surface area contributed by atoms with Crippen LogP contribution in [0.5, 0.6) is 5.75 Å². The van der Waals surface area contributed by atoms with Crippen molar-refractivity contribution >= 4 is 36.8 Å². The zero-order chi connectivity index (χ0) is 28.1. The molecule has 4 N–H and O–H groups in total. The van der Waals surface area contributed by atoms with Gasteiger partial charge in [-0.1, -0.05) is 51.1 Å². The van der Waals surface area contributed by atoms with Crippen LogP contribution in [0.1, 0.15) is 46.1 Å². The third kappa shape index (κ3) is 8.02. The van der Waals surface area contributed by atoms with E-state index in [1.54, 1.807) is 36.1 Å². The van der Waals surface area contributed by atoms with Crippen LogP contribution in [0.15, 0.2) is 60.7 Å². The number of anilines is 1. The number of carbonyl (C=O) groups is 3. The first-order valence-corrected chi connectivity index (χ1v) is 13.8. The van der Waals surface area contributed by atoms with Crippen LogP contribution in [0.4, 0.5) is 5.69 Å². The number of amides is 3. The first-order chi connectivity index (χ1) is 17.7. The molecule has 1 aliphatic heterocycles. The number of phosphoric ester groups is 1. The topological polar surface area (TPSA) is 145 Å². The summed E-state index contributed by atoms with van der Waals surface area (Å²) in [5.41, 5.74) is 1.24. The van der Waals surface area contributed by atoms with Gasteiger partial charge >= 0.3 is 7.82 Å². The minimum atomic E-state index is -4.67. The van der Waals surface area contributed by atoms with E-state index in [2.05, 4.69) is 15.2 Å². The molecule has 204 valence electrons. The Balaban J connectivity index is 1.72. The second kappa shape index (κ2) is 11.9. The molecule has 1 saturated heterocycles. The van der Waals surface area contributed by atoms with Crippen molar-refractivity contribution < 1.29 is 33.3 Å². The second-order valence-corrected chi connectivity index (χ2v) is 11.4. The van der Waals surface area contributed by atoms with Crippen molar-refractivity contribution in [2.75, 3.05) is 11.9 Å². The summed E-state index contributed by atoms with van der Waals surface area (Å²) >= 11 is 0. The van der Waals surface area contributed by atoms with Gasteiger partial charge in [-0.2, -0.15) is 0 Å². The predicted octanol–water partition coefficient (Wildman–Crippen LogP) is 3.72. The van der Waals surface area contributed by atoms with Gasteiger partial charge in [-0.3, -0.25) is 24.2 Å². The maximum absolute atomic E-state index is 13.6. The number of carbonyl (C=O) groups excluding carboxylic acids is 3. The van der Waals surface area contributed by atoms with Crippen molar-refractivity contribution in [3.05, 3.63) is 66.2 Å². The average Bonchev–Trinajstić information content (AvgIpc) is 3.32. The number of hydrogen-bond donors (Lipinski definition) is 4. The highest BCUT2D eigenvalue weighted by molar-refractivity contribution is 7.46. The number of benzene rings is 2. The zero-order valence-corrected chi connectivity index (χ0v) is 22.8. The summed E-state index contributed by atoms with van der Waals surface area (Å²) in [6, 6.07) is 13.5. The maximum atomic E-state index is 13.6. The highest BCUT2D eigenvalue weighted by Crippen LogP contribution is 2.37. The van der Waals surface area contributed by atoms with E-state index < -0.39 is 31.2 Å². The molecule has 11 heteroatoms. The number of nitrogens with one attached hydrogen (secondary N) is 2. The summed E-state index contributed by atoms with van der Waals surface area (Å²) in [5, 5.41) is 5.69. The van der Waals surface area contributed by atoms with Crippen LogP contribution in [0.2, 0.25) is 0 Å². The Morgan fingerprint density at radius 3 is 2.29 bits per heavy atom. The molecule has 0 bridgehead atoms. The van der Waals surface area contributed by atoms with Gasteiger partial charge in [0, 0.05) is 18.3 Å². The van der Waals surface area contributed by atoms with Crippen LogP contribution < -0.4 is 15.2 Å². The normalized spacial score (nSPS) is 17.1. The molecule has 1 aliphatic rings. The quantitative estimate of drug-likeness (QED) is 0.293. The smallest absolute Gasteiger partial charge is 0.404 e. The third-order valence-corrected chi connectivity index (χ3v) is 6.61. The number of likely N-dealkylation sites (tertiary alicyclic amines) is 1. The van der Waals surface area contributed by atoms with Gasteiger partial charge in [-0.05, 0) is 60.6 Å². The van der Waals surface area contributed by atoms with Crippen molar-refractivity contribution in [3.63, 3.8) is 0 Å². The third-order valence-electron chi connectivity index (χ3n) is 6.16. The first-order valence-electron chi connectivity index (χ1n) is 12.3. The van der Waals surface area contributed by atoms with E-state index in [-0.39, 0.29) is 17.6 Å². The zero-order valence-electron chi connectivity index (χ0n) is 21.9. The molecule has 1 fully saturated rings. The first kappa shape index (κ1) is 29.1. The number of nitrogens with zero attached hydrogens (tertiary/aromatic N) is 1. The average molecular weight is 544 g/mol. The van der Waals surface area contributed by atoms with Crippen molar-refractivity contribution in [2.24, 2.45) is 5.41 Å². The SMILES string of the molecule is C/C(=C\C(=O)N[C@H](C(=O)N1CCC[C@H]1C(=O)Nc1ccccc1)C(C)(C)C)c1ccc(OP(=O)(O)O)cc1. The highest BCUT2D eigenvalue weighted by atomic mass is 31.2. The predicted molar refractivity (Wildman–Crippen MR) is 144 cm³/mol. The number of phosphoric acid groups is 1. The Morgan fingerprint density at radius 2 is 1.71 bits per heavy atom. The van der Waals surface area contributed by atoms with Crippen molar-refractivity contribution in [1.29, 1.82) is 0 Å². The fourth-order valence-corrected chi connectivity index (χ4v) is 4.64. The largest absolute Gasteiger partial charge is 0.524 e. The van der Waals surface area contributed by atoms with Crippen LogP contribution in [0.25, 0.3) is 5.57 Å². The molecule has 38 heavy (non-hydrogen) atoms. The Labute approximate surface area is 222 Å². The highest BCUT2D eigenvalue weighted by Gasteiger charge is 2.41. The lowest BCUT2D eigenvalue weighted by Gasteiger charge is -2.35. The van der Waals surface area contributed by atoms with Gasteiger partial charge in [-0.15, -0.1) is 0 Å². The van der Waals surface area contributed by atoms with Gasteiger partial charge < -0.3 is 20.1 Å². The van der Waals surface area contributed by atoms with E-state index in [4.69, 9.17) is 9.79 Å². The lowest BCUT2D eigenvalue weighted by atomic mass is 9.85. The van der Waals surface area contributed by atoms with E-state index in [9.17, 15) is 18.9 Å². The molecule has 0 unspecified atom stereocenters. The number of rotatable bonds is 8. The van der Waals surface area contributed by atoms with E-state index >= 15 is 0 Å². The molecule has 2 aromatic carbocycles. The molecule has 0 radical (unpaired) electrons. The lowest BCUT2D eigenvalue weighted by Crippen LogP contribution is -2.57. The molecular formula is C27H34N3O7P. The molecule has 3 amide bonds. The van der Waals surface area contributed by atoms with Gasteiger partial charge in [-0.25, -0.2) is 4.57 Å². The second-order valence-electron chi connectivity index (χ2n) is 10.3. The molecule has 2 aromatic rings. The fourth-order valence-electron chi connectivity index (χ4n) is 4.24. The molecule has 3 rings (SSSR count). The van der Waals surface area contributed by atoms with Crippen LogP contribution in [-0.2, 0) is 18.9 Å². The number of hydrogen-bond acceptors (Lipinski definition) is 5. The van der Waals surface area contributed by atoms with E-state index in [0.717, 1.165) is 0 Å². The molecule has 0 aromatic heterocycles. The van der Waals surface area contributed by atoms with Crippen molar-refractivity contribution in [3.8, 4) is 5.75 Å². The molecule has 0 saturated carbocycles. The van der Waals surface area contributed by atoms with Gasteiger partial charge in [0.1, 0.15) is 17.8 Å².